The van der Waals surface area contributed by atoms with Crippen LogP contribution in [0, 0.1) is 0 Å². The average Bonchev–Trinajstić information content (AvgIpc) is 3.00. The summed E-state index contributed by atoms with van der Waals surface area (Å²) in [4.78, 5) is 25.2. The van der Waals surface area contributed by atoms with Gasteiger partial charge in [-0.1, -0.05) is 36.8 Å². The van der Waals surface area contributed by atoms with Crippen molar-refractivity contribution in [2.75, 3.05) is 13.1 Å². The van der Waals surface area contributed by atoms with Crippen LogP contribution >= 0.6 is 0 Å². The summed E-state index contributed by atoms with van der Waals surface area (Å²) in [5, 5.41) is 2.78. The largest absolute Gasteiger partial charge is 0.356 e. The molecule has 1 atom stereocenters. The number of hydrogen-bond acceptors (Lipinski definition) is 2. The third kappa shape index (κ3) is 4.86. The Morgan fingerprint density at radius 1 is 1.18 bits per heavy atom. The minimum atomic E-state index is 0.0128. The summed E-state index contributed by atoms with van der Waals surface area (Å²) in [6.45, 7) is 3.12. The highest BCUT2D eigenvalue weighted by Gasteiger charge is 2.29. The molecule has 0 aliphatic carbocycles. The van der Waals surface area contributed by atoms with E-state index in [1.165, 1.54) is 12.5 Å². The Kier molecular flexibility index (Phi) is 6.44. The molecule has 0 spiro atoms. The van der Waals surface area contributed by atoms with Crippen LogP contribution in [-0.4, -0.2) is 29.8 Å². The molecule has 120 valence electrons. The second kappa shape index (κ2) is 8.57. The quantitative estimate of drug-likeness (QED) is 0.787. The third-order valence-electron chi connectivity index (χ3n) is 4.20. The summed E-state index contributed by atoms with van der Waals surface area (Å²) in [6, 6.07) is 10.6. The van der Waals surface area contributed by atoms with Crippen LogP contribution < -0.4 is 5.32 Å². The molecule has 1 fully saturated rings. The van der Waals surface area contributed by atoms with Gasteiger partial charge in [0.2, 0.25) is 11.8 Å². The van der Waals surface area contributed by atoms with E-state index < -0.39 is 0 Å². The number of benzene rings is 1. The van der Waals surface area contributed by atoms with Crippen molar-refractivity contribution >= 4 is 11.8 Å². The van der Waals surface area contributed by atoms with Crippen molar-refractivity contribution in [1.29, 1.82) is 0 Å². The third-order valence-corrected chi connectivity index (χ3v) is 4.20. The average molecular weight is 302 g/mol. The summed E-state index contributed by atoms with van der Waals surface area (Å²) < 4.78 is 0. The molecule has 1 aromatic rings. The van der Waals surface area contributed by atoms with Crippen LogP contribution in [0.4, 0.5) is 0 Å². The van der Waals surface area contributed by atoms with E-state index in [0.29, 0.717) is 13.0 Å². The van der Waals surface area contributed by atoms with Crippen LogP contribution in [-0.2, 0) is 9.59 Å². The normalized spacial score (nSPS) is 17.5. The SMILES string of the molecule is CC(=O)NCCCCCC(=O)N1CCCC1c1ccccc1. The van der Waals surface area contributed by atoms with Crippen molar-refractivity contribution in [3.63, 3.8) is 0 Å². The number of unbranched alkanes of at least 4 members (excludes halogenated alkanes) is 2. The topological polar surface area (TPSA) is 49.4 Å². The maximum Gasteiger partial charge on any atom is 0.223 e. The van der Waals surface area contributed by atoms with Gasteiger partial charge in [-0.25, -0.2) is 0 Å². The first kappa shape index (κ1) is 16.5. The van der Waals surface area contributed by atoms with E-state index in [2.05, 4.69) is 17.4 Å². The van der Waals surface area contributed by atoms with E-state index >= 15 is 0 Å². The van der Waals surface area contributed by atoms with E-state index in [-0.39, 0.29) is 17.9 Å². The Balaban J connectivity index is 1.73. The van der Waals surface area contributed by atoms with E-state index in [9.17, 15) is 9.59 Å². The summed E-state index contributed by atoms with van der Waals surface area (Å²) in [7, 11) is 0. The van der Waals surface area contributed by atoms with Gasteiger partial charge in [0, 0.05) is 26.4 Å². The van der Waals surface area contributed by atoms with Gasteiger partial charge in [0.05, 0.1) is 6.04 Å². The number of hydrogen-bond donors (Lipinski definition) is 1. The van der Waals surface area contributed by atoms with Gasteiger partial charge in [-0.05, 0) is 31.2 Å². The van der Waals surface area contributed by atoms with Gasteiger partial charge in [-0.3, -0.25) is 9.59 Å². The molecule has 0 radical (unpaired) electrons. The molecule has 1 heterocycles. The lowest BCUT2D eigenvalue weighted by molar-refractivity contribution is -0.132. The zero-order valence-electron chi connectivity index (χ0n) is 13.4. The highest BCUT2D eigenvalue weighted by molar-refractivity contribution is 5.77. The van der Waals surface area contributed by atoms with Crippen molar-refractivity contribution in [1.82, 2.24) is 10.2 Å². The van der Waals surface area contributed by atoms with Crippen molar-refractivity contribution in [2.45, 2.75) is 51.5 Å². The molecule has 2 rings (SSSR count). The number of carbonyl (C=O) groups is 2. The standard InChI is InChI=1S/C18H26N2O2/c1-15(21)19-13-7-3-6-12-18(22)20-14-8-11-17(20)16-9-4-2-5-10-16/h2,4-5,9-10,17H,3,6-8,11-14H2,1H3,(H,19,21). The Labute approximate surface area is 132 Å². The summed E-state index contributed by atoms with van der Waals surface area (Å²) in [5.74, 6) is 0.282. The number of nitrogens with zero attached hydrogens (tertiary/aromatic N) is 1. The maximum atomic E-state index is 12.4. The smallest absolute Gasteiger partial charge is 0.223 e. The zero-order valence-corrected chi connectivity index (χ0v) is 13.4. The molecule has 1 N–H and O–H groups in total. The van der Waals surface area contributed by atoms with E-state index in [1.54, 1.807) is 0 Å². The molecule has 22 heavy (non-hydrogen) atoms. The van der Waals surface area contributed by atoms with Gasteiger partial charge >= 0.3 is 0 Å². The fraction of sp³-hybridized carbons (Fsp3) is 0.556. The maximum absolute atomic E-state index is 12.4. The molecule has 4 heteroatoms. The van der Waals surface area contributed by atoms with Gasteiger partial charge < -0.3 is 10.2 Å². The molecule has 4 nitrogen and oxygen atoms in total. The molecular weight excluding hydrogens is 276 g/mol. The minimum absolute atomic E-state index is 0.0128. The molecule has 1 saturated heterocycles. The molecule has 1 unspecified atom stereocenters. The van der Waals surface area contributed by atoms with Gasteiger partial charge in [-0.2, -0.15) is 0 Å². The fourth-order valence-electron chi connectivity index (χ4n) is 3.07. The van der Waals surface area contributed by atoms with E-state index in [1.807, 2.05) is 23.1 Å². The van der Waals surface area contributed by atoms with Gasteiger partial charge in [0.25, 0.3) is 0 Å². The van der Waals surface area contributed by atoms with Crippen molar-refractivity contribution in [3.05, 3.63) is 35.9 Å². The van der Waals surface area contributed by atoms with Gasteiger partial charge in [0.1, 0.15) is 0 Å². The Morgan fingerprint density at radius 3 is 2.68 bits per heavy atom. The van der Waals surface area contributed by atoms with Gasteiger partial charge in [0.15, 0.2) is 0 Å². The molecule has 1 aromatic carbocycles. The molecular formula is C18H26N2O2. The number of rotatable bonds is 7. The first-order valence-electron chi connectivity index (χ1n) is 8.27. The fourth-order valence-corrected chi connectivity index (χ4v) is 3.07. The molecule has 0 saturated carbocycles. The minimum Gasteiger partial charge on any atom is -0.356 e. The molecule has 1 aliphatic rings. The number of likely N-dealkylation sites (tertiary alicyclic amines) is 1. The highest BCUT2D eigenvalue weighted by atomic mass is 16.2. The molecule has 1 aliphatic heterocycles. The second-order valence-corrected chi connectivity index (χ2v) is 5.95. The lowest BCUT2D eigenvalue weighted by Crippen LogP contribution is -2.30. The number of carbonyl (C=O) groups excluding carboxylic acids is 2. The predicted octanol–water partition coefficient (Wildman–Crippen LogP) is 3.05. The summed E-state index contributed by atoms with van der Waals surface area (Å²) in [6.07, 6.45) is 5.59. The van der Waals surface area contributed by atoms with Crippen LogP contribution in [0.2, 0.25) is 0 Å². The van der Waals surface area contributed by atoms with Crippen LogP contribution in [0.25, 0.3) is 0 Å². The van der Waals surface area contributed by atoms with Crippen molar-refractivity contribution in [2.24, 2.45) is 0 Å². The Morgan fingerprint density at radius 2 is 1.95 bits per heavy atom. The molecule has 0 bridgehead atoms. The zero-order chi connectivity index (χ0) is 15.8. The molecule has 2 amide bonds. The first-order valence-corrected chi connectivity index (χ1v) is 8.27. The van der Waals surface area contributed by atoms with Crippen molar-refractivity contribution < 1.29 is 9.59 Å². The Hall–Kier alpha value is -1.84. The summed E-state index contributed by atoms with van der Waals surface area (Å²) >= 11 is 0. The van der Waals surface area contributed by atoms with Crippen LogP contribution in [0.3, 0.4) is 0 Å². The van der Waals surface area contributed by atoms with Crippen LogP contribution in [0.5, 0.6) is 0 Å². The summed E-state index contributed by atoms with van der Waals surface area (Å²) in [5.41, 5.74) is 1.25. The second-order valence-electron chi connectivity index (χ2n) is 5.95. The van der Waals surface area contributed by atoms with E-state index in [4.69, 9.17) is 0 Å². The number of nitrogens with one attached hydrogen (secondary N) is 1. The first-order chi connectivity index (χ1) is 10.7. The van der Waals surface area contributed by atoms with Crippen LogP contribution in [0.15, 0.2) is 30.3 Å². The van der Waals surface area contributed by atoms with E-state index in [0.717, 1.165) is 38.6 Å². The number of amides is 2. The monoisotopic (exact) mass is 302 g/mol. The van der Waals surface area contributed by atoms with Crippen LogP contribution in [0.1, 0.15) is 57.1 Å². The lowest BCUT2D eigenvalue weighted by Gasteiger charge is -2.25. The predicted molar refractivity (Wildman–Crippen MR) is 87.3 cm³/mol. The Bertz CT molecular complexity index is 487. The van der Waals surface area contributed by atoms with Crippen molar-refractivity contribution in [3.8, 4) is 0 Å². The highest BCUT2D eigenvalue weighted by Crippen LogP contribution is 2.32. The van der Waals surface area contributed by atoms with Gasteiger partial charge in [-0.15, -0.1) is 0 Å². The molecule has 0 aromatic heterocycles. The lowest BCUT2D eigenvalue weighted by atomic mass is 10.0.